The molecule has 0 aliphatic carbocycles. The molecule has 1 heterocycles. The van der Waals surface area contributed by atoms with Crippen LogP contribution in [0.15, 0.2) is 36.5 Å². The maximum Gasteiger partial charge on any atom is 0.272 e. The van der Waals surface area contributed by atoms with Gasteiger partial charge in [0.1, 0.15) is 0 Å². The SMILES string of the molecule is CCC(CO)NC(=O)c1ccn(-c2ccccc2Cl)n1. The van der Waals surface area contributed by atoms with E-state index in [1.807, 2.05) is 25.1 Å². The summed E-state index contributed by atoms with van der Waals surface area (Å²) in [6.45, 7) is 1.80. The molecule has 0 aliphatic heterocycles. The van der Waals surface area contributed by atoms with E-state index < -0.39 is 0 Å². The van der Waals surface area contributed by atoms with Crippen LogP contribution in [-0.2, 0) is 0 Å². The third kappa shape index (κ3) is 3.18. The molecule has 106 valence electrons. The maximum absolute atomic E-state index is 12.0. The van der Waals surface area contributed by atoms with Crippen molar-refractivity contribution < 1.29 is 9.90 Å². The van der Waals surface area contributed by atoms with E-state index >= 15 is 0 Å². The van der Waals surface area contributed by atoms with Gasteiger partial charge in [-0.05, 0) is 24.6 Å². The second kappa shape index (κ2) is 6.54. The molecule has 1 aromatic carbocycles. The lowest BCUT2D eigenvalue weighted by atomic mass is 10.2. The second-order valence-electron chi connectivity index (χ2n) is 4.36. The van der Waals surface area contributed by atoms with E-state index in [2.05, 4.69) is 10.4 Å². The molecule has 2 aromatic rings. The molecular formula is C14H16ClN3O2. The van der Waals surface area contributed by atoms with Crippen molar-refractivity contribution in [2.24, 2.45) is 0 Å². The third-order valence-electron chi connectivity index (χ3n) is 2.97. The van der Waals surface area contributed by atoms with E-state index in [4.69, 9.17) is 16.7 Å². The zero-order chi connectivity index (χ0) is 14.5. The number of hydrogen-bond donors (Lipinski definition) is 2. The molecule has 20 heavy (non-hydrogen) atoms. The fourth-order valence-electron chi connectivity index (χ4n) is 1.75. The Kier molecular flexibility index (Phi) is 4.76. The number of benzene rings is 1. The number of halogens is 1. The van der Waals surface area contributed by atoms with Gasteiger partial charge in [-0.1, -0.05) is 30.7 Å². The summed E-state index contributed by atoms with van der Waals surface area (Å²) in [6, 6.07) is 8.62. The summed E-state index contributed by atoms with van der Waals surface area (Å²) in [5, 5.41) is 16.6. The Hall–Kier alpha value is -1.85. The fraction of sp³-hybridized carbons (Fsp3) is 0.286. The molecule has 0 saturated heterocycles. The van der Waals surface area contributed by atoms with Gasteiger partial charge in [0.2, 0.25) is 0 Å². The fourth-order valence-corrected chi connectivity index (χ4v) is 1.98. The average Bonchev–Trinajstić information content (AvgIpc) is 2.94. The van der Waals surface area contributed by atoms with Gasteiger partial charge < -0.3 is 10.4 Å². The van der Waals surface area contributed by atoms with Crippen LogP contribution in [0.1, 0.15) is 23.8 Å². The zero-order valence-electron chi connectivity index (χ0n) is 11.1. The average molecular weight is 294 g/mol. The zero-order valence-corrected chi connectivity index (χ0v) is 11.8. The highest BCUT2D eigenvalue weighted by Gasteiger charge is 2.14. The largest absolute Gasteiger partial charge is 0.394 e. The van der Waals surface area contributed by atoms with Crippen molar-refractivity contribution >= 4 is 17.5 Å². The van der Waals surface area contributed by atoms with Crippen LogP contribution in [0.4, 0.5) is 0 Å². The molecule has 5 nitrogen and oxygen atoms in total. The summed E-state index contributed by atoms with van der Waals surface area (Å²) in [6.07, 6.45) is 2.34. The number of aliphatic hydroxyl groups is 1. The number of rotatable bonds is 5. The summed E-state index contributed by atoms with van der Waals surface area (Å²) in [7, 11) is 0. The van der Waals surface area contributed by atoms with Crippen molar-refractivity contribution in [1.29, 1.82) is 0 Å². The number of aromatic nitrogens is 2. The van der Waals surface area contributed by atoms with Crippen molar-refractivity contribution in [3.63, 3.8) is 0 Å². The van der Waals surface area contributed by atoms with Gasteiger partial charge in [0, 0.05) is 6.20 Å². The number of amides is 1. The minimum Gasteiger partial charge on any atom is -0.394 e. The Morgan fingerprint density at radius 1 is 1.45 bits per heavy atom. The van der Waals surface area contributed by atoms with Crippen LogP contribution in [0.5, 0.6) is 0 Å². The summed E-state index contributed by atoms with van der Waals surface area (Å²) in [5.41, 5.74) is 0.999. The molecule has 0 spiro atoms. The van der Waals surface area contributed by atoms with Gasteiger partial charge >= 0.3 is 0 Å². The van der Waals surface area contributed by atoms with Gasteiger partial charge in [0.15, 0.2) is 5.69 Å². The van der Waals surface area contributed by atoms with Gasteiger partial charge in [-0.25, -0.2) is 4.68 Å². The highest BCUT2D eigenvalue weighted by molar-refractivity contribution is 6.32. The van der Waals surface area contributed by atoms with Gasteiger partial charge in [0.05, 0.1) is 23.4 Å². The van der Waals surface area contributed by atoms with Crippen LogP contribution < -0.4 is 5.32 Å². The Balaban J connectivity index is 2.17. The monoisotopic (exact) mass is 293 g/mol. The Bertz CT molecular complexity index is 594. The van der Waals surface area contributed by atoms with Gasteiger partial charge in [-0.3, -0.25) is 4.79 Å². The van der Waals surface area contributed by atoms with Crippen LogP contribution in [0, 0.1) is 0 Å². The summed E-state index contributed by atoms with van der Waals surface area (Å²) in [5.74, 6) is -0.309. The number of hydrogen-bond acceptors (Lipinski definition) is 3. The normalized spacial score (nSPS) is 12.2. The minimum absolute atomic E-state index is 0.0898. The highest BCUT2D eigenvalue weighted by Crippen LogP contribution is 2.19. The predicted octanol–water partition coefficient (Wildman–Crippen LogP) is 2.03. The number of carbonyl (C=O) groups is 1. The molecular weight excluding hydrogens is 278 g/mol. The summed E-state index contributed by atoms with van der Waals surface area (Å²) >= 11 is 6.08. The number of carbonyl (C=O) groups excluding carboxylic acids is 1. The van der Waals surface area contributed by atoms with Gasteiger partial charge in [0.25, 0.3) is 5.91 Å². The summed E-state index contributed by atoms with van der Waals surface area (Å²) in [4.78, 5) is 12.0. The first-order valence-corrected chi connectivity index (χ1v) is 6.75. The molecule has 2 N–H and O–H groups in total. The number of aliphatic hydroxyl groups excluding tert-OH is 1. The Morgan fingerprint density at radius 3 is 2.85 bits per heavy atom. The predicted molar refractivity (Wildman–Crippen MR) is 77.2 cm³/mol. The van der Waals surface area contributed by atoms with E-state index in [0.29, 0.717) is 17.1 Å². The molecule has 0 radical (unpaired) electrons. The number of nitrogens with zero attached hydrogens (tertiary/aromatic N) is 2. The van der Waals surface area contributed by atoms with Crippen molar-refractivity contribution in [3.8, 4) is 5.69 Å². The molecule has 1 atom stereocenters. The summed E-state index contributed by atoms with van der Waals surface area (Å²) < 4.78 is 1.55. The van der Waals surface area contributed by atoms with E-state index in [-0.39, 0.29) is 24.2 Å². The standard InChI is InChI=1S/C14H16ClN3O2/c1-2-10(9-19)16-14(20)12-7-8-18(17-12)13-6-4-3-5-11(13)15/h3-8,10,19H,2,9H2,1H3,(H,16,20). The van der Waals surface area contributed by atoms with Crippen LogP contribution in [-0.4, -0.2) is 33.4 Å². The van der Waals surface area contributed by atoms with Crippen LogP contribution in [0.25, 0.3) is 5.69 Å². The molecule has 2 rings (SSSR count). The molecule has 0 aliphatic rings. The van der Waals surface area contributed by atoms with Crippen molar-refractivity contribution in [1.82, 2.24) is 15.1 Å². The number of nitrogens with one attached hydrogen (secondary N) is 1. The first kappa shape index (κ1) is 14.6. The van der Waals surface area contributed by atoms with Crippen molar-refractivity contribution in [2.45, 2.75) is 19.4 Å². The molecule has 1 unspecified atom stereocenters. The first-order valence-electron chi connectivity index (χ1n) is 6.38. The van der Waals surface area contributed by atoms with E-state index in [0.717, 1.165) is 0 Å². The van der Waals surface area contributed by atoms with Crippen molar-refractivity contribution in [3.05, 3.63) is 47.2 Å². The lowest BCUT2D eigenvalue weighted by Crippen LogP contribution is -2.37. The van der Waals surface area contributed by atoms with Gasteiger partial charge in [-0.15, -0.1) is 0 Å². The van der Waals surface area contributed by atoms with E-state index in [1.54, 1.807) is 23.0 Å². The van der Waals surface area contributed by atoms with E-state index in [1.165, 1.54) is 0 Å². The maximum atomic E-state index is 12.0. The molecule has 1 aromatic heterocycles. The number of para-hydroxylation sites is 1. The Morgan fingerprint density at radius 2 is 2.20 bits per heavy atom. The minimum atomic E-state index is -0.309. The topological polar surface area (TPSA) is 67.2 Å². The van der Waals surface area contributed by atoms with Gasteiger partial charge in [-0.2, -0.15) is 5.10 Å². The Labute approximate surface area is 122 Å². The van der Waals surface area contributed by atoms with Crippen LogP contribution >= 0.6 is 11.6 Å². The second-order valence-corrected chi connectivity index (χ2v) is 4.77. The van der Waals surface area contributed by atoms with Crippen LogP contribution in [0.3, 0.4) is 0 Å². The van der Waals surface area contributed by atoms with E-state index in [9.17, 15) is 4.79 Å². The molecule has 6 heteroatoms. The molecule has 0 fully saturated rings. The molecule has 0 saturated carbocycles. The van der Waals surface area contributed by atoms with Crippen LogP contribution in [0.2, 0.25) is 5.02 Å². The highest BCUT2D eigenvalue weighted by atomic mass is 35.5. The quantitative estimate of drug-likeness (QED) is 0.886. The first-order chi connectivity index (χ1) is 9.65. The third-order valence-corrected chi connectivity index (χ3v) is 3.29. The smallest absolute Gasteiger partial charge is 0.272 e. The lowest BCUT2D eigenvalue weighted by molar-refractivity contribution is 0.0909. The molecule has 1 amide bonds. The van der Waals surface area contributed by atoms with Crippen molar-refractivity contribution in [2.75, 3.05) is 6.61 Å². The lowest BCUT2D eigenvalue weighted by Gasteiger charge is -2.12. The molecule has 0 bridgehead atoms.